The van der Waals surface area contributed by atoms with Crippen molar-refractivity contribution in [3.8, 4) is 0 Å². The molecule has 2 aromatic heterocycles. The van der Waals surface area contributed by atoms with Crippen LogP contribution in [0, 0.1) is 11.7 Å². The molecule has 3 N–H and O–H groups in total. The molecule has 4 rings (SSSR count). The highest BCUT2D eigenvalue weighted by Gasteiger charge is 2.52. The number of nitrogens with zero attached hydrogens (tertiary/aromatic N) is 4. The minimum Gasteiger partial charge on any atom is -0.338 e. The number of halogens is 3. The van der Waals surface area contributed by atoms with Gasteiger partial charge in [0, 0.05) is 35.8 Å². The number of anilines is 1. The van der Waals surface area contributed by atoms with Crippen molar-refractivity contribution in [3.05, 3.63) is 34.8 Å². The number of aromatic nitrogens is 3. The summed E-state index contributed by atoms with van der Waals surface area (Å²) < 4.78 is 13.0. The summed E-state index contributed by atoms with van der Waals surface area (Å²) in [6, 6.07) is 0. The van der Waals surface area contributed by atoms with Gasteiger partial charge in [0.25, 0.3) is 0 Å². The van der Waals surface area contributed by atoms with E-state index in [2.05, 4.69) is 25.2 Å². The topological polar surface area (TPSA) is 80.0 Å². The first-order valence-corrected chi connectivity index (χ1v) is 8.86. The van der Waals surface area contributed by atoms with Gasteiger partial charge in [-0.05, 0) is 0 Å². The van der Waals surface area contributed by atoms with E-state index in [9.17, 15) is 4.39 Å². The molecule has 0 spiro atoms. The number of nitrogens with one attached hydrogen (secondary N) is 1. The van der Waals surface area contributed by atoms with Crippen LogP contribution in [0.1, 0.15) is 4.88 Å². The summed E-state index contributed by atoms with van der Waals surface area (Å²) in [5, 5.41) is 3.55. The molecule has 0 saturated carbocycles. The first kappa shape index (κ1) is 19.6. The fraction of sp³-hybridized carbons (Fsp3) is 0.462. The van der Waals surface area contributed by atoms with Crippen LogP contribution >= 0.6 is 47.9 Å². The third kappa shape index (κ3) is 3.33. The normalized spacial score (nSPS) is 28.7. The lowest BCUT2D eigenvalue weighted by Crippen LogP contribution is -2.58. The summed E-state index contributed by atoms with van der Waals surface area (Å²) in [4.78, 5) is 15.7. The Bertz CT molecular complexity index is 661. The van der Waals surface area contributed by atoms with E-state index in [0.717, 1.165) is 12.3 Å². The van der Waals surface area contributed by atoms with Gasteiger partial charge in [-0.3, -0.25) is 10.3 Å². The van der Waals surface area contributed by atoms with E-state index in [-0.39, 0.29) is 35.9 Å². The number of fused-ring (bicyclic) bond motifs is 1. The van der Waals surface area contributed by atoms with Gasteiger partial charge in [-0.1, -0.05) is 0 Å². The molecule has 2 aromatic rings. The molecule has 2 fully saturated rings. The van der Waals surface area contributed by atoms with Crippen molar-refractivity contribution >= 4 is 53.9 Å². The largest absolute Gasteiger partial charge is 0.338 e. The third-order valence-corrected chi connectivity index (χ3v) is 6.24. The predicted octanol–water partition coefficient (Wildman–Crippen LogP) is 1.83. The SMILES string of the molecule is Cl.Cl.NC1N[C@@]2(c3cncs3)CN(c3ncc(F)cn3)C[C@H]2CS1. The van der Waals surface area contributed by atoms with Crippen molar-refractivity contribution in [1.82, 2.24) is 20.3 Å². The number of hydrogen-bond acceptors (Lipinski definition) is 8. The second-order valence-electron chi connectivity index (χ2n) is 5.51. The fourth-order valence-electron chi connectivity index (χ4n) is 3.20. The van der Waals surface area contributed by atoms with Gasteiger partial charge >= 0.3 is 0 Å². The molecular weight excluding hydrogens is 394 g/mol. The van der Waals surface area contributed by atoms with Crippen molar-refractivity contribution in [2.45, 2.75) is 11.0 Å². The first-order valence-electron chi connectivity index (χ1n) is 6.94. The molecule has 2 saturated heterocycles. The Hall–Kier alpha value is -0.710. The highest BCUT2D eigenvalue weighted by molar-refractivity contribution is 7.99. The smallest absolute Gasteiger partial charge is 0.225 e. The van der Waals surface area contributed by atoms with Crippen molar-refractivity contribution < 1.29 is 4.39 Å². The van der Waals surface area contributed by atoms with Crippen LogP contribution in [-0.4, -0.2) is 39.3 Å². The molecule has 0 aromatic carbocycles. The van der Waals surface area contributed by atoms with Crippen molar-refractivity contribution in [3.63, 3.8) is 0 Å². The van der Waals surface area contributed by atoms with E-state index in [1.165, 1.54) is 17.3 Å². The molecular formula is C13H17Cl2FN6S2. The van der Waals surface area contributed by atoms with E-state index in [1.807, 2.05) is 11.7 Å². The highest BCUT2D eigenvalue weighted by atomic mass is 35.5. The van der Waals surface area contributed by atoms with Crippen LogP contribution in [-0.2, 0) is 5.54 Å². The highest BCUT2D eigenvalue weighted by Crippen LogP contribution is 2.44. The number of hydrogen-bond donors (Lipinski definition) is 2. The van der Waals surface area contributed by atoms with Gasteiger partial charge in [0.15, 0.2) is 5.82 Å². The summed E-state index contributed by atoms with van der Waals surface area (Å²) in [5.74, 6) is 1.48. The Labute approximate surface area is 159 Å². The number of thiazole rings is 1. The number of rotatable bonds is 2. The van der Waals surface area contributed by atoms with E-state index in [1.54, 1.807) is 23.1 Å². The van der Waals surface area contributed by atoms with E-state index >= 15 is 0 Å². The van der Waals surface area contributed by atoms with Gasteiger partial charge in [0.2, 0.25) is 5.95 Å². The predicted molar refractivity (Wildman–Crippen MR) is 99.6 cm³/mol. The summed E-state index contributed by atoms with van der Waals surface area (Å²) >= 11 is 3.35. The Morgan fingerprint density at radius 1 is 1.29 bits per heavy atom. The second-order valence-corrected chi connectivity index (χ2v) is 7.57. The van der Waals surface area contributed by atoms with Crippen molar-refractivity contribution in [2.75, 3.05) is 23.7 Å². The lowest BCUT2D eigenvalue weighted by Gasteiger charge is -2.41. The lowest BCUT2D eigenvalue weighted by molar-refractivity contribution is 0.279. The quantitative estimate of drug-likeness (QED) is 0.781. The second kappa shape index (κ2) is 7.67. The zero-order valence-corrected chi connectivity index (χ0v) is 15.7. The average molecular weight is 411 g/mol. The summed E-state index contributed by atoms with van der Waals surface area (Å²) in [6.45, 7) is 1.52. The Balaban J connectivity index is 0.00000104. The molecule has 0 radical (unpaired) electrons. The molecule has 132 valence electrons. The minimum atomic E-state index is -0.423. The number of nitrogens with two attached hydrogens (primary N) is 1. The zero-order valence-electron chi connectivity index (χ0n) is 12.5. The third-order valence-electron chi connectivity index (χ3n) is 4.22. The van der Waals surface area contributed by atoms with Gasteiger partial charge in [-0.25, -0.2) is 14.4 Å². The van der Waals surface area contributed by atoms with Crippen LogP contribution in [0.15, 0.2) is 24.1 Å². The van der Waals surface area contributed by atoms with E-state index in [4.69, 9.17) is 5.73 Å². The summed E-state index contributed by atoms with van der Waals surface area (Å²) in [5.41, 5.74) is 7.63. The van der Waals surface area contributed by atoms with Crippen molar-refractivity contribution in [1.29, 1.82) is 0 Å². The summed E-state index contributed by atoms with van der Waals surface area (Å²) in [6.07, 6.45) is 4.32. The molecule has 3 atom stereocenters. The first-order chi connectivity index (χ1) is 10.7. The van der Waals surface area contributed by atoms with Crippen LogP contribution in [0.5, 0.6) is 0 Å². The minimum absolute atomic E-state index is 0. The molecule has 6 nitrogen and oxygen atoms in total. The lowest BCUT2D eigenvalue weighted by atomic mass is 9.87. The molecule has 2 aliphatic rings. The van der Waals surface area contributed by atoms with Crippen molar-refractivity contribution in [2.24, 2.45) is 11.7 Å². The standard InChI is InChI=1S/C13H15FN6S2.2ClH/c14-9-1-17-12(18-2-9)20-4-8-5-21-11(15)19-13(8,6-20)10-3-16-7-22-10;;/h1-3,7-8,11,19H,4-6,15H2;2*1H/t8-,11?,13-;;/m0../s1. The molecule has 2 aliphatic heterocycles. The van der Waals surface area contributed by atoms with Crippen LogP contribution < -0.4 is 16.0 Å². The van der Waals surface area contributed by atoms with E-state index in [0.29, 0.717) is 18.4 Å². The average Bonchev–Trinajstić information content (AvgIpc) is 3.15. The summed E-state index contributed by atoms with van der Waals surface area (Å²) in [7, 11) is 0. The maximum Gasteiger partial charge on any atom is 0.225 e. The Morgan fingerprint density at radius 2 is 2.04 bits per heavy atom. The maximum atomic E-state index is 13.0. The van der Waals surface area contributed by atoms with Gasteiger partial charge < -0.3 is 10.6 Å². The van der Waals surface area contributed by atoms with Crippen LogP contribution in [0.3, 0.4) is 0 Å². The molecule has 0 bridgehead atoms. The van der Waals surface area contributed by atoms with Crippen LogP contribution in [0.2, 0.25) is 0 Å². The molecule has 24 heavy (non-hydrogen) atoms. The van der Waals surface area contributed by atoms with Gasteiger partial charge in [-0.2, -0.15) is 0 Å². The zero-order chi connectivity index (χ0) is 15.2. The van der Waals surface area contributed by atoms with Crippen LogP contribution in [0.4, 0.5) is 10.3 Å². The maximum absolute atomic E-state index is 13.0. The Morgan fingerprint density at radius 3 is 2.71 bits per heavy atom. The van der Waals surface area contributed by atoms with Gasteiger partial charge in [-0.15, -0.1) is 47.9 Å². The fourth-order valence-corrected chi connectivity index (χ4v) is 5.18. The Kier molecular flexibility index (Phi) is 6.27. The molecule has 11 heteroatoms. The number of thioether (sulfide) groups is 1. The molecule has 0 aliphatic carbocycles. The van der Waals surface area contributed by atoms with Gasteiger partial charge in [0.05, 0.1) is 23.4 Å². The van der Waals surface area contributed by atoms with Gasteiger partial charge in [0.1, 0.15) is 5.50 Å². The molecule has 1 unspecified atom stereocenters. The van der Waals surface area contributed by atoms with E-state index < -0.39 is 5.82 Å². The molecule has 0 amide bonds. The monoisotopic (exact) mass is 410 g/mol. The molecule has 4 heterocycles. The van der Waals surface area contributed by atoms with Crippen LogP contribution in [0.25, 0.3) is 0 Å².